The van der Waals surface area contributed by atoms with E-state index in [2.05, 4.69) is 10.3 Å². The molecule has 0 atom stereocenters. The second-order valence-corrected chi connectivity index (χ2v) is 6.24. The number of nitrogens with zero attached hydrogens (tertiary/aromatic N) is 1. The zero-order valence-electron chi connectivity index (χ0n) is 11.1. The van der Waals surface area contributed by atoms with Crippen LogP contribution in [-0.2, 0) is 12.8 Å². The fourth-order valence-corrected chi connectivity index (χ4v) is 3.08. The summed E-state index contributed by atoms with van der Waals surface area (Å²) in [5.74, 6) is 0.646. The zero-order valence-corrected chi connectivity index (χ0v) is 13.4. The Morgan fingerprint density at radius 3 is 2.76 bits per heavy atom. The number of nitrogens with one attached hydrogen (secondary N) is 1. The van der Waals surface area contributed by atoms with E-state index >= 15 is 0 Å². The Morgan fingerprint density at radius 2 is 2.05 bits per heavy atom. The van der Waals surface area contributed by atoms with Crippen molar-refractivity contribution in [2.45, 2.75) is 19.3 Å². The van der Waals surface area contributed by atoms with E-state index in [9.17, 15) is 0 Å². The number of hydrogen-bond acceptors (Lipinski definition) is 3. The van der Waals surface area contributed by atoms with Crippen LogP contribution >= 0.6 is 35.4 Å². The average Bonchev–Trinajstić information content (AvgIpc) is 2.88. The summed E-state index contributed by atoms with van der Waals surface area (Å²) >= 11 is 17.2. The second-order valence-electron chi connectivity index (χ2n) is 4.96. The van der Waals surface area contributed by atoms with E-state index in [4.69, 9.17) is 41.2 Å². The number of pyridine rings is 1. The van der Waals surface area contributed by atoms with Crippen molar-refractivity contribution in [3.63, 3.8) is 0 Å². The first-order chi connectivity index (χ1) is 10.0. The lowest BCUT2D eigenvalue weighted by Gasteiger charge is -2.14. The van der Waals surface area contributed by atoms with Crippen LogP contribution in [0.5, 0.6) is 0 Å². The predicted molar refractivity (Wildman–Crippen MR) is 91.9 cm³/mol. The van der Waals surface area contributed by atoms with E-state index in [0.29, 0.717) is 20.9 Å². The van der Waals surface area contributed by atoms with Gasteiger partial charge in [0.05, 0.1) is 16.3 Å². The topological polar surface area (TPSA) is 50.9 Å². The zero-order chi connectivity index (χ0) is 15.0. The fraction of sp³-hybridized carbons (Fsp3) is 0.200. The van der Waals surface area contributed by atoms with E-state index < -0.39 is 0 Å². The van der Waals surface area contributed by atoms with Crippen LogP contribution in [0.2, 0.25) is 10.0 Å². The lowest BCUT2D eigenvalue weighted by molar-refractivity contribution is 0.900. The highest BCUT2D eigenvalue weighted by Gasteiger charge is 2.18. The standard InChI is InChI=1S/C15H13Cl2N3S/c16-9-4-5-13(11(17)7-9)20-15-10(14(18)21)6-8-2-1-3-12(8)19-15/h4-7H,1-3H2,(H2,18,21)(H,19,20). The van der Waals surface area contributed by atoms with Gasteiger partial charge in [0.25, 0.3) is 0 Å². The molecular formula is C15H13Cl2N3S. The molecule has 0 saturated carbocycles. The molecule has 21 heavy (non-hydrogen) atoms. The molecule has 0 aliphatic heterocycles. The van der Waals surface area contributed by atoms with Crippen LogP contribution in [0.4, 0.5) is 11.5 Å². The van der Waals surface area contributed by atoms with Crippen molar-refractivity contribution in [2.24, 2.45) is 5.73 Å². The van der Waals surface area contributed by atoms with E-state index in [-0.39, 0.29) is 0 Å². The van der Waals surface area contributed by atoms with Gasteiger partial charge in [0.1, 0.15) is 10.8 Å². The predicted octanol–water partition coefficient (Wildman–Crippen LogP) is 4.25. The Balaban J connectivity index is 2.03. The third-order valence-electron chi connectivity index (χ3n) is 3.50. The molecule has 3 nitrogen and oxygen atoms in total. The second kappa shape index (κ2) is 5.79. The first-order valence-electron chi connectivity index (χ1n) is 6.59. The third kappa shape index (κ3) is 2.98. The number of aromatic nitrogens is 1. The Labute approximate surface area is 138 Å². The normalized spacial score (nSPS) is 13.0. The van der Waals surface area contributed by atoms with Crippen LogP contribution in [0.15, 0.2) is 24.3 Å². The molecule has 1 aliphatic rings. The van der Waals surface area contributed by atoms with E-state index in [1.54, 1.807) is 12.1 Å². The number of fused-ring (bicyclic) bond motifs is 1. The molecule has 0 bridgehead atoms. The maximum absolute atomic E-state index is 6.19. The van der Waals surface area contributed by atoms with Crippen molar-refractivity contribution >= 4 is 51.9 Å². The number of thiocarbonyl (C=S) groups is 1. The van der Waals surface area contributed by atoms with Crippen molar-refractivity contribution in [1.82, 2.24) is 4.98 Å². The minimum absolute atomic E-state index is 0.324. The van der Waals surface area contributed by atoms with Gasteiger partial charge >= 0.3 is 0 Å². The molecule has 1 heterocycles. The maximum atomic E-state index is 6.19. The summed E-state index contributed by atoms with van der Waals surface area (Å²) in [6.07, 6.45) is 3.13. The van der Waals surface area contributed by atoms with Crippen LogP contribution in [0.25, 0.3) is 0 Å². The highest BCUT2D eigenvalue weighted by molar-refractivity contribution is 7.80. The Kier molecular flexibility index (Phi) is 4.02. The number of nitrogens with two attached hydrogens (primary N) is 1. The van der Waals surface area contributed by atoms with Gasteiger partial charge in [-0.2, -0.15) is 0 Å². The molecule has 3 rings (SSSR count). The molecule has 6 heteroatoms. The van der Waals surface area contributed by atoms with Gasteiger partial charge in [-0.15, -0.1) is 0 Å². The number of rotatable bonds is 3. The van der Waals surface area contributed by atoms with Crippen molar-refractivity contribution in [1.29, 1.82) is 0 Å². The summed E-state index contributed by atoms with van der Waals surface area (Å²) in [5, 5.41) is 4.32. The molecule has 0 fully saturated rings. The van der Waals surface area contributed by atoms with Crippen molar-refractivity contribution in [2.75, 3.05) is 5.32 Å². The van der Waals surface area contributed by atoms with Gasteiger partial charge in [-0.05, 0) is 49.1 Å². The average molecular weight is 338 g/mol. The number of benzene rings is 1. The van der Waals surface area contributed by atoms with Gasteiger partial charge in [0.15, 0.2) is 0 Å². The van der Waals surface area contributed by atoms with Gasteiger partial charge in [-0.1, -0.05) is 35.4 Å². The fourth-order valence-electron chi connectivity index (χ4n) is 2.47. The van der Waals surface area contributed by atoms with E-state index in [1.165, 1.54) is 5.56 Å². The monoisotopic (exact) mass is 337 g/mol. The van der Waals surface area contributed by atoms with Crippen LogP contribution in [0.1, 0.15) is 23.2 Å². The van der Waals surface area contributed by atoms with Crippen LogP contribution < -0.4 is 11.1 Å². The van der Waals surface area contributed by atoms with Crippen molar-refractivity contribution < 1.29 is 0 Å². The van der Waals surface area contributed by atoms with Gasteiger partial charge in [-0.25, -0.2) is 4.98 Å². The molecule has 3 N–H and O–H groups in total. The Bertz CT molecular complexity index is 731. The molecule has 0 unspecified atom stereocenters. The van der Waals surface area contributed by atoms with Crippen LogP contribution in [0.3, 0.4) is 0 Å². The summed E-state index contributed by atoms with van der Waals surface area (Å²) < 4.78 is 0. The lowest BCUT2D eigenvalue weighted by atomic mass is 10.1. The van der Waals surface area contributed by atoms with Crippen molar-refractivity contribution in [3.8, 4) is 0 Å². The molecule has 108 valence electrons. The van der Waals surface area contributed by atoms with Gasteiger partial charge in [0, 0.05) is 10.7 Å². The minimum atomic E-state index is 0.324. The van der Waals surface area contributed by atoms with E-state index in [1.807, 2.05) is 12.1 Å². The molecule has 1 aromatic heterocycles. The lowest BCUT2D eigenvalue weighted by Crippen LogP contribution is -2.14. The largest absolute Gasteiger partial charge is 0.389 e. The van der Waals surface area contributed by atoms with Crippen LogP contribution in [-0.4, -0.2) is 9.97 Å². The van der Waals surface area contributed by atoms with Crippen molar-refractivity contribution in [3.05, 3.63) is 51.1 Å². The van der Waals surface area contributed by atoms with E-state index in [0.717, 1.165) is 36.2 Å². The SMILES string of the molecule is NC(=S)c1cc2c(nc1Nc1ccc(Cl)cc1Cl)CCC2. The van der Waals surface area contributed by atoms with Gasteiger partial charge in [-0.3, -0.25) is 0 Å². The minimum Gasteiger partial charge on any atom is -0.389 e. The third-order valence-corrected chi connectivity index (χ3v) is 4.27. The highest BCUT2D eigenvalue weighted by Crippen LogP contribution is 2.31. The summed E-state index contributed by atoms with van der Waals surface area (Å²) in [7, 11) is 0. The molecular weight excluding hydrogens is 325 g/mol. The smallest absolute Gasteiger partial charge is 0.140 e. The van der Waals surface area contributed by atoms with Gasteiger partial charge < -0.3 is 11.1 Å². The Hall–Kier alpha value is -1.36. The first-order valence-corrected chi connectivity index (χ1v) is 7.75. The number of aryl methyl sites for hydroxylation is 2. The molecule has 1 aromatic carbocycles. The molecule has 0 saturated heterocycles. The molecule has 0 spiro atoms. The van der Waals surface area contributed by atoms with Gasteiger partial charge in [0.2, 0.25) is 0 Å². The maximum Gasteiger partial charge on any atom is 0.140 e. The molecule has 0 radical (unpaired) electrons. The number of hydrogen-bond donors (Lipinski definition) is 2. The summed E-state index contributed by atoms with van der Waals surface area (Å²) in [4.78, 5) is 4.99. The molecule has 0 amide bonds. The summed E-state index contributed by atoms with van der Waals surface area (Å²) in [5.41, 5.74) is 9.62. The highest BCUT2D eigenvalue weighted by atomic mass is 35.5. The molecule has 1 aliphatic carbocycles. The quantitative estimate of drug-likeness (QED) is 0.822. The number of halogens is 2. The summed E-state index contributed by atoms with van der Waals surface area (Å²) in [6.45, 7) is 0. The number of anilines is 2. The Morgan fingerprint density at radius 1 is 1.24 bits per heavy atom. The molecule has 2 aromatic rings. The first kappa shape index (κ1) is 14.6. The van der Waals surface area contributed by atoms with Crippen LogP contribution in [0, 0.1) is 0 Å². The summed E-state index contributed by atoms with van der Waals surface area (Å²) in [6, 6.07) is 7.29.